The highest BCUT2D eigenvalue weighted by atomic mass is 16.3. The van der Waals surface area contributed by atoms with E-state index in [-0.39, 0.29) is 24.2 Å². The highest BCUT2D eigenvalue weighted by Crippen LogP contribution is 2.26. The summed E-state index contributed by atoms with van der Waals surface area (Å²) in [6, 6.07) is 7.64. The molecule has 0 spiro atoms. The third kappa shape index (κ3) is 4.10. The molecule has 0 aliphatic carbocycles. The Kier molecular flexibility index (Phi) is 4.80. The number of primary amides is 1. The van der Waals surface area contributed by atoms with Gasteiger partial charge < -0.3 is 15.7 Å². The standard InChI is InChI=1S/C18H26N2O3/c1-17(2,3)12-13-6-4-5-7-14(13)15(21)20-10-8-18(23,9-11-20)16(19)22/h4-7,23H,8-12H2,1-3H3,(H2,19,22). The molecule has 0 aromatic heterocycles. The largest absolute Gasteiger partial charge is 0.380 e. The van der Waals surface area contributed by atoms with Crippen LogP contribution in [0.25, 0.3) is 0 Å². The average Bonchev–Trinajstić information content (AvgIpc) is 2.46. The molecule has 0 bridgehead atoms. The summed E-state index contributed by atoms with van der Waals surface area (Å²) in [6.07, 6.45) is 1.19. The third-order valence-corrected chi connectivity index (χ3v) is 4.31. The van der Waals surface area contributed by atoms with Crippen LogP contribution in [0.15, 0.2) is 24.3 Å². The number of carbonyl (C=O) groups is 2. The number of hydrogen-bond donors (Lipinski definition) is 2. The first-order chi connectivity index (χ1) is 10.6. The van der Waals surface area contributed by atoms with E-state index in [4.69, 9.17) is 5.73 Å². The predicted molar refractivity (Wildman–Crippen MR) is 88.9 cm³/mol. The van der Waals surface area contributed by atoms with Crippen LogP contribution in [0.2, 0.25) is 0 Å². The van der Waals surface area contributed by atoms with Crippen LogP contribution in [0.4, 0.5) is 0 Å². The van der Waals surface area contributed by atoms with Gasteiger partial charge in [0.15, 0.2) is 0 Å². The molecule has 1 heterocycles. The van der Waals surface area contributed by atoms with Gasteiger partial charge >= 0.3 is 0 Å². The highest BCUT2D eigenvalue weighted by molar-refractivity contribution is 5.96. The van der Waals surface area contributed by atoms with Gasteiger partial charge in [0.1, 0.15) is 5.60 Å². The Bertz CT molecular complexity index is 597. The lowest BCUT2D eigenvalue weighted by atomic mass is 9.85. The van der Waals surface area contributed by atoms with Crippen LogP contribution in [0.5, 0.6) is 0 Å². The number of piperidine rings is 1. The van der Waals surface area contributed by atoms with E-state index in [1.165, 1.54) is 0 Å². The topological polar surface area (TPSA) is 83.6 Å². The molecule has 3 N–H and O–H groups in total. The van der Waals surface area contributed by atoms with E-state index in [1.807, 2.05) is 24.3 Å². The Morgan fingerprint density at radius 2 is 1.78 bits per heavy atom. The minimum absolute atomic E-state index is 0.0450. The number of carbonyl (C=O) groups excluding carboxylic acids is 2. The van der Waals surface area contributed by atoms with Crippen molar-refractivity contribution in [1.82, 2.24) is 4.90 Å². The molecule has 1 fully saturated rings. The molecule has 2 rings (SSSR count). The van der Waals surface area contributed by atoms with Gasteiger partial charge in [0.25, 0.3) is 5.91 Å². The lowest BCUT2D eigenvalue weighted by Crippen LogP contribution is -2.53. The second-order valence-corrected chi connectivity index (χ2v) is 7.58. The van der Waals surface area contributed by atoms with Crippen molar-refractivity contribution in [2.75, 3.05) is 13.1 Å². The van der Waals surface area contributed by atoms with Crippen molar-refractivity contribution < 1.29 is 14.7 Å². The predicted octanol–water partition coefficient (Wildman–Crippen LogP) is 1.73. The number of hydrogen-bond acceptors (Lipinski definition) is 3. The van der Waals surface area contributed by atoms with Gasteiger partial charge in [-0.2, -0.15) is 0 Å². The van der Waals surface area contributed by atoms with Crippen LogP contribution in [0.1, 0.15) is 49.5 Å². The Balaban J connectivity index is 2.15. The van der Waals surface area contributed by atoms with E-state index in [2.05, 4.69) is 20.8 Å². The minimum Gasteiger partial charge on any atom is -0.380 e. The van der Waals surface area contributed by atoms with E-state index >= 15 is 0 Å². The highest BCUT2D eigenvalue weighted by Gasteiger charge is 2.39. The molecule has 0 radical (unpaired) electrons. The van der Waals surface area contributed by atoms with Gasteiger partial charge in [0.05, 0.1) is 0 Å². The van der Waals surface area contributed by atoms with Crippen LogP contribution >= 0.6 is 0 Å². The lowest BCUT2D eigenvalue weighted by Gasteiger charge is -2.36. The normalized spacial score (nSPS) is 17.8. The lowest BCUT2D eigenvalue weighted by molar-refractivity contribution is -0.140. The number of likely N-dealkylation sites (tertiary alicyclic amines) is 1. The number of nitrogens with zero attached hydrogens (tertiary/aromatic N) is 1. The zero-order valence-corrected chi connectivity index (χ0v) is 14.1. The fourth-order valence-corrected chi connectivity index (χ4v) is 2.95. The number of benzene rings is 1. The van der Waals surface area contributed by atoms with Gasteiger partial charge in [-0.1, -0.05) is 39.0 Å². The summed E-state index contributed by atoms with van der Waals surface area (Å²) < 4.78 is 0. The summed E-state index contributed by atoms with van der Waals surface area (Å²) in [7, 11) is 0. The fourth-order valence-electron chi connectivity index (χ4n) is 2.95. The minimum atomic E-state index is -1.48. The molecule has 1 aromatic rings. The molecule has 0 saturated carbocycles. The van der Waals surface area contributed by atoms with Crippen molar-refractivity contribution in [1.29, 1.82) is 0 Å². The van der Waals surface area contributed by atoms with Gasteiger partial charge in [-0.05, 0) is 23.5 Å². The van der Waals surface area contributed by atoms with Crippen molar-refractivity contribution in [3.05, 3.63) is 35.4 Å². The van der Waals surface area contributed by atoms with Crippen LogP contribution in [0.3, 0.4) is 0 Å². The van der Waals surface area contributed by atoms with Crippen molar-refractivity contribution >= 4 is 11.8 Å². The van der Waals surface area contributed by atoms with Crippen LogP contribution < -0.4 is 5.73 Å². The third-order valence-electron chi connectivity index (χ3n) is 4.31. The van der Waals surface area contributed by atoms with Gasteiger partial charge in [0, 0.05) is 31.5 Å². The Morgan fingerprint density at radius 1 is 1.22 bits per heavy atom. The zero-order chi connectivity index (χ0) is 17.3. The first-order valence-corrected chi connectivity index (χ1v) is 8.02. The summed E-state index contributed by atoms with van der Waals surface area (Å²) in [5, 5.41) is 10.1. The number of nitrogens with two attached hydrogens (primary N) is 1. The maximum Gasteiger partial charge on any atom is 0.254 e. The van der Waals surface area contributed by atoms with Crippen molar-refractivity contribution in [3.63, 3.8) is 0 Å². The van der Waals surface area contributed by atoms with E-state index in [0.29, 0.717) is 18.7 Å². The Labute approximate surface area is 137 Å². The van der Waals surface area contributed by atoms with Crippen molar-refractivity contribution in [2.24, 2.45) is 11.1 Å². The summed E-state index contributed by atoms with van der Waals surface area (Å²) in [5.41, 5.74) is 5.57. The summed E-state index contributed by atoms with van der Waals surface area (Å²) in [6.45, 7) is 7.09. The molecule has 1 saturated heterocycles. The van der Waals surface area contributed by atoms with Gasteiger partial charge in [-0.25, -0.2) is 0 Å². The smallest absolute Gasteiger partial charge is 0.254 e. The molecule has 23 heavy (non-hydrogen) atoms. The molecule has 0 atom stereocenters. The quantitative estimate of drug-likeness (QED) is 0.890. The molecule has 1 aromatic carbocycles. The fraction of sp³-hybridized carbons (Fsp3) is 0.556. The Hall–Kier alpha value is -1.88. The van der Waals surface area contributed by atoms with Gasteiger partial charge in [0.2, 0.25) is 5.91 Å². The molecule has 5 nitrogen and oxygen atoms in total. The molecular formula is C18H26N2O3. The first-order valence-electron chi connectivity index (χ1n) is 8.02. The second kappa shape index (κ2) is 6.32. The van der Waals surface area contributed by atoms with Crippen LogP contribution in [-0.4, -0.2) is 40.5 Å². The maximum atomic E-state index is 12.8. The molecule has 126 valence electrons. The molecule has 2 amide bonds. The Morgan fingerprint density at radius 3 is 2.30 bits per heavy atom. The molecule has 1 aliphatic heterocycles. The number of rotatable bonds is 3. The summed E-state index contributed by atoms with van der Waals surface area (Å²) in [5.74, 6) is -0.755. The number of aliphatic hydroxyl groups is 1. The first kappa shape index (κ1) is 17.5. The molecule has 0 unspecified atom stereocenters. The van der Waals surface area contributed by atoms with Gasteiger partial charge in [-0.15, -0.1) is 0 Å². The number of amides is 2. The zero-order valence-electron chi connectivity index (χ0n) is 14.1. The van der Waals surface area contributed by atoms with E-state index < -0.39 is 11.5 Å². The van der Waals surface area contributed by atoms with Crippen LogP contribution in [0, 0.1) is 5.41 Å². The van der Waals surface area contributed by atoms with Crippen molar-refractivity contribution in [2.45, 2.75) is 45.6 Å². The average molecular weight is 318 g/mol. The second-order valence-electron chi connectivity index (χ2n) is 7.58. The summed E-state index contributed by atoms with van der Waals surface area (Å²) >= 11 is 0. The molecular weight excluding hydrogens is 292 g/mol. The molecule has 1 aliphatic rings. The summed E-state index contributed by atoms with van der Waals surface area (Å²) in [4.78, 5) is 25.8. The monoisotopic (exact) mass is 318 g/mol. The van der Waals surface area contributed by atoms with Crippen LogP contribution in [-0.2, 0) is 11.2 Å². The van der Waals surface area contributed by atoms with E-state index in [0.717, 1.165) is 12.0 Å². The maximum absolute atomic E-state index is 12.8. The van der Waals surface area contributed by atoms with E-state index in [9.17, 15) is 14.7 Å². The van der Waals surface area contributed by atoms with E-state index in [1.54, 1.807) is 4.90 Å². The van der Waals surface area contributed by atoms with Crippen molar-refractivity contribution in [3.8, 4) is 0 Å². The molecule has 5 heteroatoms. The van der Waals surface area contributed by atoms with Gasteiger partial charge in [-0.3, -0.25) is 9.59 Å². The SMILES string of the molecule is CC(C)(C)Cc1ccccc1C(=O)N1CCC(O)(C(N)=O)CC1.